The second-order valence-electron chi connectivity index (χ2n) is 2.36. The number of ether oxygens (including phenoxy) is 1. The van der Waals surface area contributed by atoms with E-state index in [1.807, 2.05) is 0 Å². The smallest absolute Gasteiger partial charge is 0.193 e. The van der Waals surface area contributed by atoms with E-state index in [0.717, 1.165) is 25.9 Å². The Morgan fingerprint density at radius 1 is 1.60 bits per heavy atom. The Morgan fingerprint density at radius 3 is 3.10 bits per heavy atom. The highest BCUT2D eigenvalue weighted by molar-refractivity contribution is 4.45. The van der Waals surface area contributed by atoms with Crippen LogP contribution in [0.4, 0.5) is 0 Å². The van der Waals surface area contributed by atoms with E-state index < -0.39 is 0 Å². The first-order valence-corrected chi connectivity index (χ1v) is 3.83. The predicted molar refractivity (Wildman–Crippen MR) is 36.3 cm³/mol. The average molecular weight is 146 g/mol. The molecular weight excluding hydrogens is 132 g/mol. The first kappa shape index (κ1) is 7.98. The summed E-state index contributed by atoms with van der Waals surface area (Å²) in [6.07, 6.45) is 3.02. The lowest BCUT2D eigenvalue weighted by molar-refractivity contribution is -0.327. The third kappa shape index (κ3) is 2.64. The summed E-state index contributed by atoms with van der Waals surface area (Å²) in [6, 6.07) is 0. The molecule has 1 unspecified atom stereocenters. The molecule has 60 valence electrons. The van der Waals surface area contributed by atoms with E-state index in [0.29, 0.717) is 6.61 Å². The topological polar surface area (TPSA) is 27.7 Å². The zero-order valence-corrected chi connectivity index (χ0v) is 6.34. The van der Waals surface area contributed by atoms with Crippen molar-refractivity contribution in [3.8, 4) is 0 Å². The van der Waals surface area contributed by atoms with Crippen LogP contribution < -0.4 is 0 Å². The molecule has 1 atom stereocenters. The van der Waals surface area contributed by atoms with Gasteiger partial charge >= 0.3 is 0 Å². The lowest BCUT2D eigenvalue weighted by Gasteiger charge is -2.06. The van der Waals surface area contributed by atoms with Crippen LogP contribution in [0.15, 0.2) is 0 Å². The van der Waals surface area contributed by atoms with Gasteiger partial charge in [0.1, 0.15) is 0 Å². The Labute approximate surface area is 61.2 Å². The Kier molecular flexibility index (Phi) is 3.72. The third-order valence-corrected chi connectivity index (χ3v) is 1.41. The summed E-state index contributed by atoms with van der Waals surface area (Å²) in [7, 11) is 0. The standard InChI is InChI=1S/C7H14O3/c1-2-3-5-8-7-4-6-9-10-7/h7H,2-6H2,1H3. The van der Waals surface area contributed by atoms with E-state index in [-0.39, 0.29) is 6.29 Å². The van der Waals surface area contributed by atoms with Gasteiger partial charge in [-0.1, -0.05) is 13.3 Å². The molecule has 0 spiro atoms. The molecule has 0 aromatic rings. The Balaban J connectivity index is 1.91. The fourth-order valence-corrected chi connectivity index (χ4v) is 0.787. The SMILES string of the molecule is CCCCOC1CCOO1. The molecule has 0 radical (unpaired) electrons. The van der Waals surface area contributed by atoms with Crippen molar-refractivity contribution in [3.05, 3.63) is 0 Å². The molecule has 3 nitrogen and oxygen atoms in total. The fourth-order valence-electron chi connectivity index (χ4n) is 0.787. The largest absolute Gasteiger partial charge is 0.350 e. The molecule has 10 heavy (non-hydrogen) atoms. The molecule has 0 bridgehead atoms. The molecular formula is C7H14O3. The molecule has 0 amide bonds. The Bertz CT molecular complexity index is 78.9. The molecule has 1 saturated heterocycles. The summed E-state index contributed by atoms with van der Waals surface area (Å²) in [5.41, 5.74) is 0. The molecule has 0 N–H and O–H groups in total. The van der Waals surface area contributed by atoms with Gasteiger partial charge < -0.3 is 4.74 Å². The molecule has 1 heterocycles. The average Bonchev–Trinajstić information content (AvgIpc) is 2.41. The van der Waals surface area contributed by atoms with Gasteiger partial charge in [0.2, 0.25) is 0 Å². The van der Waals surface area contributed by atoms with Crippen molar-refractivity contribution in [3.63, 3.8) is 0 Å². The highest BCUT2D eigenvalue weighted by atomic mass is 17.2. The van der Waals surface area contributed by atoms with Crippen LogP contribution >= 0.6 is 0 Å². The maximum absolute atomic E-state index is 5.30. The van der Waals surface area contributed by atoms with Gasteiger partial charge in [-0.3, -0.25) is 0 Å². The van der Waals surface area contributed by atoms with E-state index in [4.69, 9.17) is 9.62 Å². The Hall–Kier alpha value is -0.120. The van der Waals surface area contributed by atoms with E-state index in [2.05, 4.69) is 11.8 Å². The summed E-state index contributed by atoms with van der Waals surface area (Å²) < 4.78 is 5.30. The molecule has 1 aliphatic rings. The third-order valence-electron chi connectivity index (χ3n) is 1.41. The van der Waals surface area contributed by atoms with Crippen molar-refractivity contribution < 1.29 is 14.5 Å². The number of rotatable bonds is 4. The van der Waals surface area contributed by atoms with E-state index in [1.165, 1.54) is 0 Å². The monoisotopic (exact) mass is 146 g/mol. The zero-order chi connectivity index (χ0) is 7.23. The van der Waals surface area contributed by atoms with Crippen LogP contribution in [0, 0.1) is 0 Å². The van der Waals surface area contributed by atoms with Gasteiger partial charge in [-0.15, -0.1) is 0 Å². The predicted octanol–water partition coefficient (Wildman–Crippen LogP) is 1.48. The normalized spacial score (nSPS) is 25.5. The van der Waals surface area contributed by atoms with E-state index in [1.54, 1.807) is 0 Å². The van der Waals surface area contributed by atoms with Gasteiger partial charge in [0.25, 0.3) is 0 Å². The summed E-state index contributed by atoms with van der Waals surface area (Å²) in [6.45, 7) is 3.58. The molecule has 1 aliphatic heterocycles. The summed E-state index contributed by atoms with van der Waals surface area (Å²) in [4.78, 5) is 9.44. The summed E-state index contributed by atoms with van der Waals surface area (Å²) in [5.74, 6) is 0. The minimum atomic E-state index is -0.105. The molecule has 0 aromatic heterocycles. The lowest BCUT2D eigenvalue weighted by atomic mass is 10.3. The van der Waals surface area contributed by atoms with Gasteiger partial charge in [-0.05, 0) is 6.42 Å². The first-order chi connectivity index (χ1) is 4.93. The molecule has 1 rings (SSSR count). The highest BCUT2D eigenvalue weighted by Gasteiger charge is 2.16. The molecule has 1 fully saturated rings. The zero-order valence-electron chi connectivity index (χ0n) is 6.34. The van der Waals surface area contributed by atoms with Crippen LogP contribution in [0.25, 0.3) is 0 Å². The van der Waals surface area contributed by atoms with E-state index >= 15 is 0 Å². The van der Waals surface area contributed by atoms with E-state index in [9.17, 15) is 0 Å². The van der Waals surface area contributed by atoms with Gasteiger partial charge in [-0.25, -0.2) is 9.78 Å². The minimum absolute atomic E-state index is 0.105. The fraction of sp³-hybridized carbons (Fsp3) is 1.00. The van der Waals surface area contributed by atoms with Gasteiger partial charge in [0.05, 0.1) is 6.61 Å². The van der Waals surface area contributed by atoms with Crippen LogP contribution in [-0.2, 0) is 14.5 Å². The van der Waals surface area contributed by atoms with Gasteiger partial charge in [0.15, 0.2) is 6.29 Å². The van der Waals surface area contributed by atoms with Crippen LogP contribution in [-0.4, -0.2) is 19.5 Å². The van der Waals surface area contributed by atoms with Crippen molar-refractivity contribution in [1.29, 1.82) is 0 Å². The van der Waals surface area contributed by atoms with Crippen LogP contribution in [0.2, 0.25) is 0 Å². The summed E-state index contributed by atoms with van der Waals surface area (Å²) in [5, 5.41) is 0. The first-order valence-electron chi connectivity index (χ1n) is 3.83. The van der Waals surface area contributed by atoms with Crippen molar-refractivity contribution in [1.82, 2.24) is 0 Å². The van der Waals surface area contributed by atoms with Crippen LogP contribution in [0.5, 0.6) is 0 Å². The number of unbranched alkanes of at least 4 members (excludes halogenated alkanes) is 1. The molecule has 0 saturated carbocycles. The van der Waals surface area contributed by atoms with Crippen molar-refractivity contribution in [2.75, 3.05) is 13.2 Å². The second kappa shape index (κ2) is 4.66. The maximum atomic E-state index is 5.30. The van der Waals surface area contributed by atoms with Crippen LogP contribution in [0.3, 0.4) is 0 Å². The number of hydrogen-bond acceptors (Lipinski definition) is 3. The highest BCUT2D eigenvalue weighted by Crippen LogP contribution is 2.10. The lowest BCUT2D eigenvalue weighted by Crippen LogP contribution is -2.10. The van der Waals surface area contributed by atoms with Gasteiger partial charge in [-0.2, -0.15) is 0 Å². The summed E-state index contributed by atoms with van der Waals surface area (Å²) >= 11 is 0. The molecule has 3 heteroatoms. The van der Waals surface area contributed by atoms with Crippen molar-refractivity contribution >= 4 is 0 Å². The van der Waals surface area contributed by atoms with Crippen molar-refractivity contribution in [2.24, 2.45) is 0 Å². The molecule has 0 aliphatic carbocycles. The Morgan fingerprint density at radius 2 is 2.50 bits per heavy atom. The minimum Gasteiger partial charge on any atom is -0.350 e. The maximum Gasteiger partial charge on any atom is 0.193 e. The second-order valence-corrected chi connectivity index (χ2v) is 2.36. The van der Waals surface area contributed by atoms with Crippen LogP contribution in [0.1, 0.15) is 26.2 Å². The quantitative estimate of drug-likeness (QED) is 0.444. The van der Waals surface area contributed by atoms with Crippen molar-refractivity contribution in [2.45, 2.75) is 32.5 Å². The van der Waals surface area contributed by atoms with Gasteiger partial charge in [0, 0.05) is 13.0 Å². The number of hydrogen-bond donors (Lipinski definition) is 0. The molecule has 0 aromatic carbocycles.